The molecule has 1 aliphatic heterocycles. The van der Waals surface area contributed by atoms with Crippen LogP contribution in [-0.2, 0) is 16.6 Å². The summed E-state index contributed by atoms with van der Waals surface area (Å²) >= 11 is 1.54. The SMILES string of the molecule is Cc1ccccc1CNS(=O)(=O)c1cc(C2CC(C)NN2)sc1C. The number of aryl methyl sites for hydroxylation is 2. The zero-order chi connectivity index (χ0) is 17.3. The minimum Gasteiger partial charge on any atom is -0.254 e. The summed E-state index contributed by atoms with van der Waals surface area (Å²) in [5, 5.41) is 0. The molecule has 0 bridgehead atoms. The van der Waals surface area contributed by atoms with Gasteiger partial charge in [-0.05, 0) is 44.4 Å². The van der Waals surface area contributed by atoms with Crippen molar-refractivity contribution in [2.24, 2.45) is 0 Å². The molecule has 2 atom stereocenters. The first-order chi connectivity index (χ1) is 11.4. The summed E-state index contributed by atoms with van der Waals surface area (Å²) in [5.41, 5.74) is 8.48. The second kappa shape index (κ2) is 6.93. The van der Waals surface area contributed by atoms with Crippen molar-refractivity contribution in [2.45, 2.75) is 50.7 Å². The van der Waals surface area contributed by atoms with Gasteiger partial charge in [0.05, 0.1) is 10.9 Å². The lowest BCUT2D eigenvalue weighted by Gasteiger charge is -2.08. The van der Waals surface area contributed by atoms with E-state index in [9.17, 15) is 8.42 Å². The number of thiophene rings is 1. The molecule has 5 nitrogen and oxygen atoms in total. The number of hydrazine groups is 1. The number of rotatable bonds is 5. The summed E-state index contributed by atoms with van der Waals surface area (Å²) in [6.45, 7) is 6.26. The Morgan fingerprint density at radius 2 is 2.00 bits per heavy atom. The third-order valence-corrected chi connectivity index (χ3v) is 7.15. The topological polar surface area (TPSA) is 70.2 Å². The summed E-state index contributed by atoms with van der Waals surface area (Å²) in [5.74, 6) is 0. The molecule has 0 amide bonds. The standard InChI is InChI=1S/C17H23N3O2S2/c1-11-6-4-5-7-14(11)10-18-24(21,22)17-9-16(23-13(17)3)15-8-12(2)19-20-15/h4-7,9,12,15,18-20H,8,10H2,1-3H3. The fourth-order valence-electron chi connectivity index (χ4n) is 2.89. The average Bonchev–Trinajstić information content (AvgIpc) is 3.13. The van der Waals surface area contributed by atoms with Crippen LogP contribution in [0.15, 0.2) is 35.2 Å². The highest BCUT2D eigenvalue weighted by Gasteiger charge is 2.27. The Morgan fingerprint density at radius 3 is 2.67 bits per heavy atom. The van der Waals surface area contributed by atoms with Crippen molar-refractivity contribution >= 4 is 21.4 Å². The Kier molecular flexibility index (Phi) is 5.08. The van der Waals surface area contributed by atoms with Crippen molar-refractivity contribution in [3.8, 4) is 0 Å². The van der Waals surface area contributed by atoms with E-state index in [1.54, 1.807) is 17.4 Å². The molecule has 2 heterocycles. The maximum Gasteiger partial charge on any atom is 0.241 e. The van der Waals surface area contributed by atoms with Gasteiger partial charge in [0.25, 0.3) is 0 Å². The van der Waals surface area contributed by atoms with Crippen LogP contribution in [0.3, 0.4) is 0 Å². The van der Waals surface area contributed by atoms with Gasteiger partial charge in [-0.15, -0.1) is 11.3 Å². The van der Waals surface area contributed by atoms with Gasteiger partial charge in [-0.25, -0.2) is 18.6 Å². The van der Waals surface area contributed by atoms with Crippen LogP contribution in [0.1, 0.15) is 40.3 Å². The van der Waals surface area contributed by atoms with Gasteiger partial charge < -0.3 is 0 Å². The summed E-state index contributed by atoms with van der Waals surface area (Å²) in [4.78, 5) is 2.27. The highest BCUT2D eigenvalue weighted by atomic mass is 32.2. The number of nitrogens with one attached hydrogen (secondary N) is 3. The van der Waals surface area contributed by atoms with E-state index < -0.39 is 10.0 Å². The van der Waals surface area contributed by atoms with Gasteiger partial charge in [0.1, 0.15) is 0 Å². The monoisotopic (exact) mass is 365 g/mol. The van der Waals surface area contributed by atoms with Gasteiger partial charge in [-0.1, -0.05) is 24.3 Å². The Balaban J connectivity index is 1.77. The van der Waals surface area contributed by atoms with Crippen LogP contribution < -0.4 is 15.6 Å². The Bertz CT molecular complexity index is 830. The zero-order valence-corrected chi connectivity index (χ0v) is 15.7. The van der Waals surface area contributed by atoms with Crippen molar-refractivity contribution in [1.82, 2.24) is 15.6 Å². The minimum atomic E-state index is -3.52. The summed E-state index contributed by atoms with van der Waals surface area (Å²) in [6, 6.07) is 10.2. The minimum absolute atomic E-state index is 0.170. The largest absolute Gasteiger partial charge is 0.254 e. The Labute approximate surface area is 147 Å². The lowest BCUT2D eigenvalue weighted by Crippen LogP contribution is -2.28. The molecule has 3 N–H and O–H groups in total. The fraction of sp³-hybridized carbons (Fsp3) is 0.412. The molecule has 0 spiro atoms. The van der Waals surface area contributed by atoms with E-state index in [-0.39, 0.29) is 6.04 Å². The van der Waals surface area contributed by atoms with Gasteiger partial charge >= 0.3 is 0 Å². The van der Waals surface area contributed by atoms with Crippen LogP contribution in [-0.4, -0.2) is 14.5 Å². The maximum atomic E-state index is 12.7. The summed E-state index contributed by atoms with van der Waals surface area (Å²) in [6.07, 6.45) is 0.954. The quantitative estimate of drug-likeness (QED) is 0.762. The van der Waals surface area contributed by atoms with Crippen LogP contribution in [0.5, 0.6) is 0 Å². The molecule has 0 saturated carbocycles. The van der Waals surface area contributed by atoms with Crippen molar-refractivity contribution in [3.63, 3.8) is 0 Å². The van der Waals surface area contributed by atoms with Crippen LogP contribution in [0.25, 0.3) is 0 Å². The van der Waals surface area contributed by atoms with Crippen LogP contribution in [0.2, 0.25) is 0 Å². The molecule has 1 aliphatic rings. The summed E-state index contributed by atoms with van der Waals surface area (Å²) < 4.78 is 28.1. The molecule has 3 rings (SSSR count). The van der Waals surface area contributed by atoms with Gasteiger partial charge in [0, 0.05) is 22.3 Å². The Hall–Kier alpha value is -1.25. The number of hydrogen-bond acceptors (Lipinski definition) is 5. The smallest absolute Gasteiger partial charge is 0.241 e. The van der Waals surface area contributed by atoms with Gasteiger partial charge in [0.2, 0.25) is 10.0 Å². The molecule has 130 valence electrons. The highest BCUT2D eigenvalue weighted by molar-refractivity contribution is 7.89. The third-order valence-electron chi connectivity index (χ3n) is 4.33. The van der Waals surface area contributed by atoms with Crippen LogP contribution in [0.4, 0.5) is 0 Å². The van der Waals surface area contributed by atoms with Gasteiger partial charge in [0.15, 0.2) is 0 Å². The normalized spacial score (nSPS) is 21.3. The molecule has 2 aromatic rings. The van der Waals surface area contributed by atoms with Crippen molar-refractivity contribution < 1.29 is 8.42 Å². The molecule has 7 heteroatoms. The number of sulfonamides is 1. The first-order valence-corrected chi connectivity index (χ1v) is 10.3. The second-order valence-corrected chi connectivity index (χ2v) is 9.32. The first-order valence-electron chi connectivity index (χ1n) is 8.02. The van der Waals surface area contributed by atoms with Gasteiger partial charge in [-0.3, -0.25) is 5.43 Å². The van der Waals surface area contributed by atoms with Crippen molar-refractivity contribution in [1.29, 1.82) is 0 Å². The molecule has 1 saturated heterocycles. The van der Waals surface area contributed by atoms with E-state index in [0.29, 0.717) is 17.5 Å². The predicted molar refractivity (Wildman–Crippen MR) is 97.4 cm³/mol. The first kappa shape index (κ1) is 17.6. The van der Waals surface area contributed by atoms with E-state index in [2.05, 4.69) is 22.5 Å². The number of benzene rings is 1. The molecule has 24 heavy (non-hydrogen) atoms. The van der Waals surface area contributed by atoms with Crippen molar-refractivity contribution in [2.75, 3.05) is 0 Å². The summed E-state index contributed by atoms with van der Waals surface area (Å²) in [7, 11) is -3.52. The molecule has 0 aliphatic carbocycles. The fourth-order valence-corrected chi connectivity index (χ4v) is 5.56. The maximum absolute atomic E-state index is 12.7. The van der Waals surface area contributed by atoms with E-state index in [0.717, 1.165) is 27.3 Å². The van der Waals surface area contributed by atoms with Crippen LogP contribution >= 0.6 is 11.3 Å². The molecular formula is C17H23N3O2S2. The predicted octanol–water partition coefficient (Wildman–Crippen LogP) is 2.77. The second-order valence-electron chi connectivity index (χ2n) is 6.30. The Morgan fingerprint density at radius 1 is 1.25 bits per heavy atom. The molecule has 1 aromatic heterocycles. The lowest BCUT2D eigenvalue weighted by molar-refractivity contribution is 0.563. The zero-order valence-electron chi connectivity index (χ0n) is 14.1. The average molecular weight is 366 g/mol. The van der Waals surface area contributed by atoms with E-state index in [1.165, 1.54) is 0 Å². The molecular weight excluding hydrogens is 342 g/mol. The van der Waals surface area contributed by atoms with Crippen LogP contribution in [0, 0.1) is 13.8 Å². The molecule has 1 fully saturated rings. The van der Waals surface area contributed by atoms with E-state index in [1.807, 2.05) is 38.1 Å². The molecule has 0 radical (unpaired) electrons. The van der Waals surface area contributed by atoms with Gasteiger partial charge in [-0.2, -0.15) is 0 Å². The highest BCUT2D eigenvalue weighted by Crippen LogP contribution is 2.33. The lowest BCUT2D eigenvalue weighted by atomic mass is 10.1. The number of hydrogen-bond donors (Lipinski definition) is 3. The van der Waals surface area contributed by atoms with E-state index >= 15 is 0 Å². The van der Waals surface area contributed by atoms with E-state index in [4.69, 9.17) is 0 Å². The van der Waals surface area contributed by atoms with Crippen molar-refractivity contribution in [3.05, 3.63) is 51.2 Å². The molecule has 1 aromatic carbocycles. The molecule has 2 unspecified atom stereocenters. The third kappa shape index (κ3) is 3.70.